The fourth-order valence-corrected chi connectivity index (χ4v) is 5.28. The highest BCUT2D eigenvalue weighted by Crippen LogP contribution is 2.28. The molecule has 0 aliphatic carbocycles. The van der Waals surface area contributed by atoms with Gasteiger partial charge in [0.15, 0.2) is 5.58 Å². The van der Waals surface area contributed by atoms with Crippen molar-refractivity contribution in [2.24, 2.45) is 5.14 Å². The Bertz CT molecular complexity index is 1910. The number of primary sulfonamides is 1. The Morgan fingerprint density at radius 1 is 1.00 bits per heavy atom. The van der Waals surface area contributed by atoms with Gasteiger partial charge in [-0.1, -0.05) is 0 Å². The van der Waals surface area contributed by atoms with Gasteiger partial charge in [0.25, 0.3) is 10.1 Å². The van der Waals surface area contributed by atoms with Crippen molar-refractivity contribution in [3.63, 3.8) is 0 Å². The van der Waals surface area contributed by atoms with Crippen LogP contribution in [0.3, 0.4) is 0 Å². The van der Waals surface area contributed by atoms with Gasteiger partial charge >= 0.3 is 11.6 Å². The van der Waals surface area contributed by atoms with Crippen LogP contribution in [0.1, 0.15) is 40.0 Å². The van der Waals surface area contributed by atoms with Crippen molar-refractivity contribution in [1.29, 1.82) is 0 Å². The van der Waals surface area contributed by atoms with E-state index in [-0.39, 0.29) is 52.9 Å². The number of oxazole rings is 1. The van der Waals surface area contributed by atoms with Gasteiger partial charge in [-0.3, -0.25) is 9.35 Å². The van der Waals surface area contributed by atoms with E-state index in [0.29, 0.717) is 29.6 Å². The molecule has 2 heterocycles. The highest BCUT2D eigenvalue weighted by molar-refractivity contribution is 7.89. The molecule has 226 valence electrons. The molecular weight excluding hydrogens is 590 g/mol. The number of aromatic nitrogens is 1. The predicted molar refractivity (Wildman–Crippen MR) is 155 cm³/mol. The van der Waals surface area contributed by atoms with Gasteiger partial charge in [-0.25, -0.2) is 23.3 Å². The minimum Gasteiger partial charge on any atom is -0.460 e. The van der Waals surface area contributed by atoms with E-state index in [1.165, 1.54) is 24.3 Å². The predicted octanol–water partition coefficient (Wildman–Crippen LogP) is 3.45. The Kier molecular flexibility index (Phi) is 8.78. The molecule has 13 nitrogen and oxygen atoms in total. The van der Waals surface area contributed by atoms with Gasteiger partial charge in [-0.2, -0.15) is 8.42 Å². The average Bonchev–Trinajstić information content (AvgIpc) is 3.28. The van der Waals surface area contributed by atoms with Crippen LogP contribution in [-0.2, 0) is 29.7 Å². The zero-order chi connectivity index (χ0) is 30.9. The lowest BCUT2D eigenvalue weighted by Crippen LogP contribution is -2.28. The SMILES string of the molecule is CC(C)(C)OC(=O)CCCN(CCCS(=O)(=O)O)c1ccc2cc(-c3nc4ccc(S(N)(=O)=O)cc4o3)c(=O)oc2c1. The van der Waals surface area contributed by atoms with Crippen LogP contribution < -0.4 is 15.7 Å². The summed E-state index contributed by atoms with van der Waals surface area (Å²) in [7, 11) is -8.12. The number of ether oxygens (including phenoxy) is 1. The number of carbonyl (C=O) groups excluding carboxylic acids is 1. The molecule has 0 atom stereocenters. The largest absolute Gasteiger partial charge is 0.460 e. The summed E-state index contributed by atoms with van der Waals surface area (Å²) in [4.78, 5) is 31.0. The van der Waals surface area contributed by atoms with Crippen LogP contribution in [0.2, 0.25) is 0 Å². The molecule has 0 amide bonds. The summed E-state index contributed by atoms with van der Waals surface area (Å²) in [5.41, 5.74) is -0.0623. The second kappa shape index (κ2) is 11.8. The van der Waals surface area contributed by atoms with Crippen molar-refractivity contribution in [1.82, 2.24) is 4.98 Å². The number of hydrogen-bond acceptors (Lipinski definition) is 11. The Hall–Kier alpha value is -3.79. The van der Waals surface area contributed by atoms with Crippen molar-refractivity contribution >= 4 is 53.9 Å². The first-order valence-electron chi connectivity index (χ1n) is 12.9. The first-order valence-corrected chi connectivity index (χ1v) is 16.1. The second-order valence-electron chi connectivity index (χ2n) is 10.7. The first-order chi connectivity index (χ1) is 19.5. The Morgan fingerprint density at radius 2 is 1.71 bits per heavy atom. The molecular formula is C27H31N3O10S2. The van der Waals surface area contributed by atoms with Crippen molar-refractivity contribution in [2.75, 3.05) is 23.7 Å². The molecule has 42 heavy (non-hydrogen) atoms. The van der Waals surface area contributed by atoms with Crippen molar-refractivity contribution in [3.05, 3.63) is 52.9 Å². The molecule has 0 fully saturated rings. The summed E-state index contributed by atoms with van der Waals surface area (Å²) in [5.74, 6) is -0.868. The number of esters is 1. The lowest BCUT2D eigenvalue weighted by atomic mass is 10.1. The number of fused-ring (bicyclic) bond motifs is 2. The van der Waals surface area contributed by atoms with Crippen LogP contribution in [0.15, 0.2) is 61.0 Å². The first kappa shape index (κ1) is 31.2. The number of rotatable bonds is 11. The lowest BCUT2D eigenvalue weighted by molar-refractivity contribution is -0.154. The molecule has 0 aliphatic heterocycles. The second-order valence-corrected chi connectivity index (χ2v) is 13.8. The van der Waals surface area contributed by atoms with E-state index in [2.05, 4.69) is 4.98 Å². The quantitative estimate of drug-likeness (QED) is 0.141. The molecule has 0 bridgehead atoms. The van der Waals surface area contributed by atoms with E-state index in [4.69, 9.17) is 23.3 Å². The minimum atomic E-state index is -4.16. The molecule has 4 rings (SSSR count). The molecule has 0 spiro atoms. The topological polar surface area (TPSA) is 200 Å². The Balaban J connectivity index is 1.60. The molecule has 0 saturated heterocycles. The van der Waals surface area contributed by atoms with Crippen molar-refractivity contribution in [3.8, 4) is 11.5 Å². The third-order valence-corrected chi connectivity index (χ3v) is 7.78. The van der Waals surface area contributed by atoms with Crippen LogP contribution in [0, 0.1) is 0 Å². The summed E-state index contributed by atoms with van der Waals surface area (Å²) in [6.45, 7) is 5.92. The number of benzene rings is 2. The van der Waals surface area contributed by atoms with E-state index < -0.39 is 37.1 Å². The van der Waals surface area contributed by atoms with E-state index >= 15 is 0 Å². The standard InChI is InChI=1S/C27H31N3O10S2/c1-27(2,3)40-24(31)6-4-11-30(12-5-13-41(33,34)35)18-8-7-17-14-20(26(32)39-22(17)15-18)25-29-21-10-9-19(42(28,36)37)16-23(21)38-25/h7-10,14-16H,4-6,11-13H2,1-3H3,(H2,28,36,37)(H,33,34,35). The zero-order valence-corrected chi connectivity index (χ0v) is 24.8. The van der Waals surface area contributed by atoms with Crippen molar-refractivity contribution < 1.29 is 39.8 Å². The molecule has 15 heteroatoms. The van der Waals surface area contributed by atoms with Crippen LogP contribution >= 0.6 is 0 Å². The Labute approximate surface area is 242 Å². The summed E-state index contributed by atoms with van der Waals surface area (Å²) in [6, 6.07) is 10.5. The van der Waals surface area contributed by atoms with Gasteiger partial charge in [-0.15, -0.1) is 0 Å². The maximum Gasteiger partial charge on any atom is 0.349 e. The van der Waals surface area contributed by atoms with E-state index in [9.17, 15) is 26.4 Å². The van der Waals surface area contributed by atoms with E-state index in [1.807, 2.05) is 4.90 Å². The average molecular weight is 622 g/mol. The number of anilines is 1. The fourth-order valence-electron chi connectivity index (χ4n) is 4.26. The zero-order valence-electron chi connectivity index (χ0n) is 23.2. The normalized spacial score (nSPS) is 12.6. The minimum absolute atomic E-state index is 0.0194. The summed E-state index contributed by atoms with van der Waals surface area (Å²) in [5, 5.41) is 5.71. The molecule has 0 saturated carbocycles. The monoisotopic (exact) mass is 621 g/mol. The third kappa shape index (κ3) is 8.15. The van der Waals surface area contributed by atoms with Gasteiger partial charge in [0.2, 0.25) is 15.9 Å². The maximum absolute atomic E-state index is 12.9. The highest BCUT2D eigenvalue weighted by Gasteiger charge is 2.19. The van der Waals surface area contributed by atoms with Gasteiger partial charge in [-0.05, 0) is 63.9 Å². The van der Waals surface area contributed by atoms with Crippen molar-refractivity contribution in [2.45, 2.75) is 50.5 Å². The van der Waals surface area contributed by atoms with Crippen LogP contribution in [0.5, 0.6) is 0 Å². The molecule has 4 aromatic rings. The number of nitrogens with two attached hydrogens (primary N) is 1. The number of nitrogens with zero attached hydrogens (tertiary/aromatic N) is 2. The fraction of sp³-hybridized carbons (Fsp3) is 0.370. The molecule has 2 aromatic carbocycles. The molecule has 0 unspecified atom stereocenters. The van der Waals surface area contributed by atoms with E-state index in [0.717, 1.165) is 0 Å². The molecule has 3 N–H and O–H groups in total. The third-order valence-electron chi connectivity index (χ3n) is 6.06. The highest BCUT2D eigenvalue weighted by atomic mass is 32.2. The van der Waals surface area contributed by atoms with E-state index in [1.54, 1.807) is 39.0 Å². The van der Waals surface area contributed by atoms with Gasteiger partial charge < -0.3 is 18.5 Å². The smallest absolute Gasteiger partial charge is 0.349 e. The number of hydrogen-bond donors (Lipinski definition) is 2. The molecule has 0 aliphatic rings. The molecule has 0 radical (unpaired) electrons. The molecule has 2 aromatic heterocycles. The van der Waals surface area contributed by atoms with Gasteiger partial charge in [0.05, 0.1) is 10.6 Å². The van der Waals surface area contributed by atoms with Crippen LogP contribution in [-0.4, -0.2) is 56.8 Å². The summed E-state index contributed by atoms with van der Waals surface area (Å²) >= 11 is 0. The summed E-state index contributed by atoms with van der Waals surface area (Å²) in [6.07, 6.45) is 0.672. The Morgan fingerprint density at radius 3 is 2.38 bits per heavy atom. The number of sulfonamides is 1. The maximum atomic E-state index is 12.9. The van der Waals surface area contributed by atoms with Crippen LogP contribution in [0.25, 0.3) is 33.5 Å². The summed E-state index contributed by atoms with van der Waals surface area (Å²) < 4.78 is 71.5. The number of carbonyl (C=O) groups is 1. The van der Waals surface area contributed by atoms with Crippen LogP contribution in [0.4, 0.5) is 5.69 Å². The van der Waals surface area contributed by atoms with Gasteiger partial charge in [0.1, 0.15) is 22.3 Å². The van der Waals surface area contributed by atoms with Gasteiger partial charge in [0, 0.05) is 42.7 Å². The lowest BCUT2D eigenvalue weighted by Gasteiger charge is -2.25.